The number of nitro benzene ring substituents is 1. The van der Waals surface area contributed by atoms with Gasteiger partial charge in [0.1, 0.15) is 0 Å². The zero-order chi connectivity index (χ0) is 13.1. The van der Waals surface area contributed by atoms with Crippen LogP contribution in [0.2, 0.25) is 0 Å². The van der Waals surface area contributed by atoms with Crippen LogP contribution in [-0.2, 0) is 11.2 Å². The number of nitrogens with zero attached hydrogens (tertiary/aromatic N) is 1. The second kappa shape index (κ2) is 4.95. The number of carboxylic acids is 1. The molecule has 0 radical (unpaired) electrons. The molecule has 0 bridgehead atoms. The minimum Gasteiger partial charge on any atom is -0.481 e. The highest BCUT2D eigenvalue weighted by Gasteiger charge is 2.27. The van der Waals surface area contributed by atoms with Crippen molar-refractivity contribution in [1.82, 2.24) is 0 Å². The van der Waals surface area contributed by atoms with E-state index in [0.717, 1.165) is 0 Å². The Morgan fingerprint density at radius 3 is 2.53 bits per heavy atom. The summed E-state index contributed by atoms with van der Waals surface area (Å²) in [6.07, 6.45) is 0.754. The molecule has 0 fully saturated rings. The minimum absolute atomic E-state index is 0.0497. The molecule has 1 aromatic rings. The maximum absolute atomic E-state index is 10.9. The zero-order valence-electron chi connectivity index (χ0n) is 9.84. The molecule has 92 valence electrons. The van der Waals surface area contributed by atoms with Gasteiger partial charge in [0, 0.05) is 11.6 Å². The molecule has 0 amide bonds. The van der Waals surface area contributed by atoms with Crippen LogP contribution in [0.1, 0.15) is 25.8 Å². The highest BCUT2D eigenvalue weighted by atomic mass is 16.6. The first-order valence-electron chi connectivity index (χ1n) is 5.30. The van der Waals surface area contributed by atoms with Crippen molar-refractivity contribution in [1.29, 1.82) is 0 Å². The van der Waals surface area contributed by atoms with Gasteiger partial charge in [0.05, 0.1) is 10.3 Å². The fraction of sp³-hybridized carbons (Fsp3) is 0.417. The van der Waals surface area contributed by atoms with Gasteiger partial charge in [-0.15, -0.1) is 0 Å². The number of aryl methyl sites for hydroxylation is 1. The summed E-state index contributed by atoms with van der Waals surface area (Å²) >= 11 is 0. The van der Waals surface area contributed by atoms with Crippen LogP contribution < -0.4 is 0 Å². The van der Waals surface area contributed by atoms with Crippen LogP contribution >= 0.6 is 0 Å². The number of carbonyl (C=O) groups is 1. The molecular formula is C12H15NO4. The first kappa shape index (κ1) is 13.2. The van der Waals surface area contributed by atoms with Crippen molar-refractivity contribution in [2.24, 2.45) is 5.41 Å². The molecule has 1 rings (SSSR count). The fourth-order valence-electron chi connectivity index (χ4n) is 1.45. The Morgan fingerprint density at radius 1 is 1.41 bits per heavy atom. The molecule has 0 saturated heterocycles. The third-order valence-corrected chi connectivity index (χ3v) is 2.79. The van der Waals surface area contributed by atoms with Gasteiger partial charge in [0.2, 0.25) is 0 Å². The van der Waals surface area contributed by atoms with Crippen molar-refractivity contribution in [3.8, 4) is 0 Å². The average molecular weight is 237 g/mol. The molecule has 0 unspecified atom stereocenters. The second-order valence-corrected chi connectivity index (χ2v) is 4.57. The Hall–Kier alpha value is -1.91. The van der Waals surface area contributed by atoms with Crippen molar-refractivity contribution in [2.75, 3.05) is 0 Å². The number of para-hydroxylation sites is 1. The SMILES string of the molecule is CC(C)(CCc1ccccc1[N+](=O)[O-])C(=O)O. The third-order valence-electron chi connectivity index (χ3n) is 2.79. The number of carboxylic acid groups (broad SMARTS) is 1. The predicted octanol–water partition coefficient (Wildman–Crippen LogP) is 2.64. The lowest BCUT2D eigenvalue weighted by molar-refractivity contribution is -0.385. The van der Waals surface area contributed by atoms with E-state index < -0.39 is 16.3 Å². The Morgan fingerprint density at radius 2 is 2.00 bits per heavy atom. The van der Waals surface area contributed by atoms with Crippen molar-refractivity contribution < 1.29 is 14.8 Å². The summed E-state index contributed by atoms with van der Waals surface area (Å²) in [7, 11) is 0. The van der Waals surface area contributed by atoms with Crippen LogP contribution in [0.4, 0.5) is 5.69 Å². The van der Waals surface area contributed by atoms with E-state index in [2.05, 4.69) is 0 Å². The predicted molar refractivity (Wildman–Crippen MR) is 62.8 cm³/mol. The van der Waals surface area contributed by atoms with Crippen LogP contribution in [0.5, 0.6) is 0 Å². The normalized spacial score (nSPS) is 11.2. The maximum atomic E-state index is 10.9. The molecule has 0 aliphatic rings. The highest BCUT2D eigenvalue weighted by Crippen LogP contribution is 2.26. The Bertz CT molecular complexity index is 440. The highest BCUT2D eigenvalue weighted by molar-refractivity contribution is 5.73. The number of hydrogen-bond donors (Lipinski definition) is 1. The number of aliphatic carboxylic acids is 1. The minimum atomic E-state index is -0.893. The van der Waals surface area contributed by atoms with Gasteiger partial charge in [0.15, 0.2) is 0 Å². The third kappa shape index (κ3) is 3.27. The van der Waals surface area contributed by atoms with E-state index >= 15 is 0 Å². The van der Waals surface area contributed by atoms with Gasteiger partial charge < -0.3 is 5.11 Å². The van der Waals surface area contributed by atoms with E-state index in [0.29, 0.717) is 18.4 Å². The summed E-state index contributed by atoms with van der Waals surface area (Å²) in [6, 6.07) is 6.42. The fourth-order valence-corrected chi connectivity index (χ4v) is 1.45. The smallest absolute Gasteiger partial charge is 0.309 e. The van der Waals surface area contributed by atoms with Crippen molar-refractivity contribution in [2.45, 2.75) is 26.7 Å². The topological polar surface area (TPSA) is 80.4 Å². The molecule has 0 spiro atoms. The number of hydrogen-bond acceptors (Lipinski definition) is 3. The summed E-state index contributed by atoms with van der Waals surface area (Å²) in [5.41, 5.74) is -0.246. The van der Waals surface area contributed by atoms with Crippen LogP contribution in [-0.4, -0.2) is 16.0 Å². The molecule has 5 heteroatoms. The van der Waals surface area contributed by atoms with Gasteiger partial charge >= 0.3 is 5.97 Å². The lowest BCUT2D eigenvalue weighted by Crippen LogP contribution is -2.24. The number of nitro groups is 1. The van der Waals surface area contributed by atoms with Gasteiger partial charge in [-0.2, -0.15) is 0 Å². The number of rotatable bonds is 5. The summed E-state index contributed by atoms with van der Waals surface area (Å²) in [4.78, 5) is 21.3. The van der Waals surface area contributed by atoms with Crippen LogP contribution in [0.25, 0.3) is 0 Å². The first-order valence-corrected chi connectivity index (χ1v) is 5.30. The van der Waals surface area contributed by atoms with Crippen LogP contribution in [0.3, 0.4) is 0 Å². The standard InChI is InChI=1S/C12H15NO4/c1-12(2,11(14)15)8-7-9-5-3-4-6-10(9)13(16)17/h3-6H,7-8H2,1-2H3,(H,14,15). The van der Waals surface area contributed by atoms with Gasteiger partial charge in [0.25, 0.3) is 5.69 Å². The lowest BCUT2D eigenvalue weighted by atomic mass is 9.86. The zero-order valence-corrected chi connectivity index (χ0v) is 9.84. The van der Waals surface area contributed by atoms with Crippen LogP contribution in [0.15, 0.2) is 24.3 Å². The maximum Gasteiger partial charge on any atom is 0.309 e. The van der Waals surface area contributed by atoms with Crippen molar-refractivity contribution >= 4 is 11.7 Å². The summed E-state index contributed by atoms with van der Waals surface area (Å²) < 4.78 is 0. The van der Waals surface area contributed by atoms with E-state index in [-0.39, 0.29) is 5.69 Å². The van der Waals surface area contributed by atoms with E-state index in [9.17, 15) is 14.9 Å². The van der Waals surface area contributed by atoms with Gasteiger partial charge in [-0.25, -0.2) is 0 Å². The van der Waals surface area contributed by atoms with Crippen molar-refractivity contribution in [3.05, 3.63) is 39.9 Å². The first-order chi connectivity index (χ1) is 7.84. The van der Waals surface area contributed by atoms with Crippen molar-refractivity contribution in [3.63, 3.8) is 0 Å². The van der Waals surface area contributed by atoms with E-state index in [1.54, 1.807) is 32.0 Å². The van der Waals surface area contributed by atoms with E-state index in [1.165, 1.54) is 6.07 Å². The molecule has 0 heterocycles. The monoisotopic (exact) mass is 237 g/mol. The lowest BCUT2D eigenvalue weighted by Gasteiger charge is -2.18. The Kier molecular flexibility index (Phi) is 3.83. The molecule has 0 atom stereocenters. The van der Waals surface area contributed by atoms with Gasteiger partial charge in [-0.3, -0.25) is 14.9 Å². The molecule has 1 aromatic carbocycles. The largest absolute Gasteiger partial charge is 0.481 e. The summed E-state index contributed by atoms with van der Waals surface area (Å²) in [5, 5.41) is 19.7. The van der Waals surface area contributed by atoms with Gasteiger partial charge in [-0.1, -0.05) is 18.2 Å². The molecular weight excluding hydrogens is 222 g/mol. The van der Waals surface area contributed by atoms with Crippen LogP contribution in [0, 0.1) is 15.5 Å². The molecule has 0 aliphatic carbocycles. The van der Waals surface area contributed by atoms with E-state index in [1.807, 2.05) is 0 Å². The average Bonchev–Trinajstić information content (AvgIpc) is 2.26. The molecule has 5 nitrogen and oxygen atoms in total. The van der Waals surface area contributed by atoms with E-state index in [4.69, 9.17) is 5.11 Å². The number of benzene rings is 1. The molecule has 0 saturated carbocycles. The Balaban J connectivity index is 2.83. The molecule has 0 aliphatic heterocycles. The molecule has 1 N–H and O–H groups in total. The second-order valence-electron chi connectivity index (χ2n) is 4.57. The molecule has 0 aromatic heterocycles. The summed E-state index contributed by atoms with van der Waals surface area (Å²) in [5.74, 6) is -0.893. The summed E-state index contributed by atoms with van der Waals surface area (Å²) in [6.45, 7) is 3.23. The Labute approximate surface area is 99.2 Å². The van der Waals surface area contributed by atoms with Gasteiger partial charge in [-0.05, 0) is 26.7 Å². The quantitative estimate of drug-likeness (QED) is 0.630. The molecule has 17 heavy (non-hydrogen) atoms.